The van der Waals surface area contributed by atoms with Crippen LogP contribution in [0.25, 0.3) is 0 Å². The molecule has 2 fully saturated rings. The number of hydrogen-bond acceptors (Lipinski definition) is 6. The summed E-state index contributed by atoms with van der Waals surface area (Å²) < 4.78 is 5.07. The third kappa shape index (κ3) is 4.28. The number of ether oxygens (including phenoxy) is 1. The molecule has 3 amide bonds. The first-order chi connectivity index (χ1) is 13.3. The molecule has 10 heteroatoms. The minimum absolute atomic E-state index is 0.0768. The van der Waals surface area contributed by atoms with Crippen molar-refractivity contribution in [2.24, 2.45) is 11.8 Å². The molecule has 2 heterocycles. The van der Waals surface area contributed by atoms with Crippen molar-refractivity contribution in [2.75, 3.05) is 11.9 Å². The maximum Gasteiger partial charge on any atom is 0.326 e. The summed E-state index contributed by atoms with van der Waals surface area (Å²) in [4.78, 5) is 54.0. The third-order valence-corrected chi connectivity index (χ3v) is 5.44. The van der Waals surface area contributed by atoms with E-state index in [4.69, 9.17) is 27.9 Å². The highest BCUT2D eigenvalue weighted by atomic mass is 35.5. The average molecular weight is 428 g/mol. The second kappa shape index (κ2) is 8.45. The van der Waals surface area contributed by atoms with Gasteiger partial charge in [0, 0.05) is 6.20 Å². The van der Waals surface area contributed by atoms with E-state index in [1.807, 2.05) is 0 Å². The number of rotatable bonds is 5. The van der Waals surface area contributed by atoms with Crippen LogP contribution in [0.15, 0.2) is 12.3 Å². The highest BCUT2D eigenvalue weighted by Gasteiger charge is 2.48. The van der Waals surface area contributed by atoms with Gasteiger partial charge in [0.15, 0.2) is 11.9 Å². The fourth-order valence-corrected chi connectivity index (χ4v) is 3.96. The van der Waals surface area contributed by atoms with Gasteiger partial charge < -0.3 is 10.1 Å². The number of imide groups is 1. The van der Waals surface area contributed by atoms with Crippen LogP contribution in [0.1, 0.15) is 32.6 Å². The van der Waals surface area contributed by atoms with Crippen molar-refractivity contribution in [2.45, 2.75) is 38.7 Å². The predicted molar refractivity (Wildman–Crippen MR) is 101 cm³/mol. The average Bonchev–Trinajstić information content (AvgIpc) is 2.89. The van der Waals surface area contributed by atoms with Crippen molar-refractivity contribution >= 4 is 52.7 Å². The van der Waals surface area contributed by atoms with E-state index in [1.165, 1.54) is 19.2 Å². The zero-order valence-electron chi connectivity index (χ0n) is 15.1. The van der Waals surface area contributed by atoms with Crippen molar-refractivity contribution in [3.05, 3.63) is 22.3 Å². The van der Waals surface area contributed by atoms with E-state index in [0.717, 1.165) is 17.7 Å². The summed E-state index contributed by atoms with van der Waals surface area (Å²) in [6, 6.07) is 1.41. The lowest BCUT2D eigenvalue weighted by Gasteiger charge is -2.19. The SMILES string of the molecule is C[C@H](OC(=O)CN1C(=O)[C@@H]2CCCC[C@H]2C1=O)C(=O)Nc1ncc(Cl)cc1Cl. The van der Waals surface area contributed by atoms with E-state index in [-0.39, 0.29) is 34.5 Å². The number of likely N-dealkylation sites (tertiary alicyclic amines) is 1. The Balaban J connectivity index is 1.56. The molecule has 1 saturated heterocycles. The van der Waals surface area contributed by atoms with Crippen LogP contribution in [0.4, 0.5) is 5.82 Å². The van der Waals surface area contributed by atoms with Gasteiger partial charge in [0.1, 0.15) is 6.54 Å². The normalized spacial score (nSPS) is 22.6. The van der Waals surface area contributed by atoms with Gasteiger partial charge in [0.25, 0.3) is 5.91 Å². The van der Waals surface area contributed by atoms with Crippen molar-refractivity contribution in [1.82, 2.24) is 9.88 Å². The molecular formula is C18H19Cl2N3O5. The molecule has 1 aliphatic heterocycles. The molecule has 3 atom stereocenters. The summed E-state index contributed by atoms with van der Waals surface area (Å²) >= 11 is 11.7. The van der Waals surface area contributed by atoms with Crippen molar-refractivity contribution in [3.8, 4) is 0 Å². The van der Waals surface area contributed by atoms with Crippen LogP contribution < -0.4 is 5.32 Å². The molecule has 1 aromatic heterocycles. The second-order valence-electron chi connectivity index (χ2n) is 6.87. The van der Waals surface area contributed by atoms with E-state index in [9.17, 15) is 19.2 Å². The van der Waals surface area contributed by atoms with Gasteiger partial charge in [-0.05, 0) is 25.8 Å². The molecule has 0 spiro atoms. The molecule has 150 valence electrons. The lowest BCUT2D eigenvalue weighted by molar-refractivity contribution is -0.158. The van der Waals surface area contributed by atoms with Crippen LogP contribution in [0, 0.1) is 11.8 Å². The fraction of sp³-hybridized carbons (Fsp3) is 0.500. The highest BCUT2D eigenvalue weighted by molar-refractivity contribution is 6.36. The number of pyridine rings is 1. The highest BCUT2D eigenvalue weighted by Crippen LogP contribution is 2.37. The molecule has 0 radical (unpaired) electrons. The molecule has 8 nitrogen and oxygen atoms in total. The Morgan fingerprint density at radius 1 is 1.25 bits per heavy atom. The number of halogens is 2. The molecule has 28 heavy (non-hydrogen) atoms. The Bertz CT molecular complexity index is 807. The largest absolute Gasteiger partial charge is 0.451 e. The molecular weight excluding hydrogens is 409 g/mol. The van der Waals surface area contributed by atoms with Gasteiger partial charge in [-0.25, -0.2) is 4.98 Å². The minimum atomic E-state index is -1.17. The Morgan fingerprint density at radius 2 is 1.86 bits per heavy atom. The van der Waals surface area contributed by atoms with Crippen LogP contribution in [0.5, 0.6) is 0 Å². The van der Waals surface area contributed by atoms with Crippen LogP contribution in [0.3, 0.4) is 0 Å². The van der Waals surface area contributed by atoms with Crippen LogP contribution in [-0.4, -0.2) is 46.2 Å². The molecule has 2 aliphatic rings. The van der Waals surface area contributed by atoms with E-state index in [1.54, 1.807) is 0 Å². The van der Waals surface area contributed by atoms with E-state index in [2.05, 4.69) is 10.3 Å². The zero-order chi connectivity index (χ0) is 20.4. The molecule has 1 aromatic rings. The number of nitrogens with zero attached hydrogens (tertiary/aromatic N) is 2. The van der Waals surface area contributed by atoms with E-state index < -0.39 is 24.5 Å². The zero-order valence-corrected chi connectivity index (χ0v) is 16.6. The lowest BCUT2D eigenvalue weighted by atomic mass is 9.81. The third-order valence-electron chi connectivity index (χ3n) is 4.95. The van der Waals surface area contributed by atoms with Gasteiger partial charge >= 0.3 is 5.97 Å². The topological polar surface area (TPSA) is 106 Å². The van der Waals surface area contributed by atoms with Crippen molar-refractivity contribution in [1.29, 1.82) is 0 Å². The summed E-state index contributed by atoms with van der Waals surface area (Å²) in [5.74, 6) is -2.76. The summed E-state index contributed by atoms with van der Waals surface area (Å²) in [5.41, 5.74) is 0. The quantitative estimate of drug-likeness (QED) is 0.571. The molecule has 0 unspecified atom stereocenters. The standard InChI is InChI=1S/C18H19Cl2N3O5/c1-9(16(25)22-15-13(20)6-10(19)7-21-15)28-14(24)8-23-17(26)11-4-2-3-5-12(11)18(23)27/h6-7,9,11-12H,2-5,8H2,1H3,(H,21,22,25)/t9-,11+,12+/m0/s1. The summed E-state index contributed by atoms with van der Waals surface area (Å²) in [5, 5.41) is 2.87. The summed E-state index contributed by atoms with van der Waals surface area (Å²) in [7, 11) is 0. The molecule has 1 saturated carbocycles. The van der Waals surface area contributed by atoms with Gasteiger partial charge in [0.2, 0.25) is 11.8 Å². The Labute approximate surface area is 171 Å². The monoisotopic (exact) mass is 427 g/mol. The predicted octanol–water partition coefficient (Wildman–Crippen LogP) is 2.43. The van der Waals surface area contributed by atoms with Crippen LogP contribution in [0.2, 0.25) is 10.0 Å². The molecule has 3 rings (SSSR count). The van der Waals surface area contributed by atoms with Gasteiger partial charge in [-0.15, -0.1) is 0 Å². The number of fused-ring (bicyclic) bond motifs is 1. The number of esters is 1. The van der Waals surface area contributed by atoms with Crippen molar-refractivity contribution < 1.29 is 23.9 Å². The number of aromatic nitrogens is 1. The molecule has 1 N–H and O–H groups in total. The van der Waals surface area contributed by atoms with Gasteiger partial charge in [-0.1, -0.05) is 36.0 Å². The lowest BCUT2D eigenvalue weighted by Crippen LogP contribution is -2.39. The summed E-state index contributed by atoms with van der Waals surface area (Å²) in [6.07, 6.45) is 3.26. The summed E-state index contributed by atoms with van der Waals surface area (Å²) in [6.45, 7) is 0.868. The fourth-order valence-electron chi connectivity index (χ4n) is 3.53. The number of anilines is 1. The molecule has 0 aromatic carbocycles. The van der Waals surface area contributed by atoms with Crippen molar-refractivity contribution in [3.63, 3.8) is 0 Å². The van der Waals surface area contributed by atoms with Gasteiger partial charge in [-0.2, -0.15) is 0 Å². The number of carbonyl (C=O) groups is 4. The Kier molecular flexibility index (Phi) is 6.20. The number of nitrogens with one attached hydrogen (secondary N) is 1. The number of carbonyl (C=O) groups excluding carboxylic acids is 4. The van der Waals surface area contributed by atoms with Gasteiger partial charge in [0.05, 0.1) is 21.9 Å². The Hall–Kier alpha value is -2.19. The van der Waals surface area contributed by atoms with Gasteiger partial charge in [-0.3, -0.25) is 24.1 Å². The number of amides is 3. The van der Waals surface area contributed by atoms with E-state index in [0.29, 0.717) is 17.9 Å². The smallest absolute Gasteiger partial charge is 0.326 e. The second-order valence-corrected chi connectivity index (χ2v) is 7.71. The van der Waals surface area contributed by atoms with Crippen LogP contribution in [-0.2, 0) is 23.9 Å². The first-order valence-corrected chi connectivity index (χ1v) is 9.70. The van der Waals surface area contributed by atoms with E-state index >= 15 is 0 Å². The minimum Gasteiger partial charge on any atom is -0.451 e. The first-order valence-electron chi connectivity index (χ1n) is 8.94. The van der Waals surface area contributed by atoms with Crippen LogP contribution >= 0.6 is 23.2 Å². The number of hydrogen-bond donors (Lipinski definition) is 1. The first kappa shape index (κ1) is 20.5. The maximum absolute atomic E-state index is 12.4. The maximum atomic E-state index is 12.4. The molecule has 1 aliphatic carbocycles. The molecule has 0 bridgehead atoms. The Morgan fingerprint density at radius 3 is 2.43 bits per heavy atom.